The van der Waals surface area contributed by atoms with Crippen LogP contribution in [-0.2, 0) is 4.74 Å². The molecule has 0 amide bonds. The summed E-state index contributed by atoms with van der Waals surface area (Å²) >= 11 is 0. The zero-order valence-electron chi connectivity index (χ0n) is 9.56. The van der Waals surface area contributed by atoms with E-state index in [0.29, 0.717) is 11.8 Å². The standard InChI is InChI=1S/C12H18N2O2/c1-16-10-6-4-9(5-7-10)14-8-2-3-11(13)12(14)15/h2-3,8-10H,4-7,13H2,1H3. The van der Waals surface area contributed by atoms with Crippen molar-refractivity contribution in [3.63, 3.8) is 0 Å². The van der Waals surface area contributed by atoms with E-state index in [1.165, 1.54) is 0 Å². The summed E-state index contributed by atoms with van der Waals surface area (Å²) in [6, 6.07) is 3.76. The van der Waals surface area contributed by atoms with E-state index in [0.717, 1.165) is 25.7 Å². The smallest absolute Gasteiger partial charge is 0.273 e. The van der Waals surface area contributed by atoms with Crippen LogP contribution in [0.2, 0.25) is 0 Å². The van der Waals surface area contributed by atoms with Crippen LogP contribution in [0.15, 0.2) is 23.1 Å². The van der Waals surface area contributed by atoms with Crippen molar-refractivity contribution in [3.8, 4) is 0 Å². The summed E-state index contributed by atoms with van der Waals surface area (Å²) in [5, 5.41) is 0. The lowest BCUT2D eigenvalue weighted by atomic mass is 9.92. The number of methoxy groups -OCH3 is 1. The van der Waals surface area contributed by atoms with Gasteiger partial charge < -0.3 is 15.0 Å². The second-order valence-electron chi connectivity index (χ2n) is 4.34. The quantitative estimate of drug-likeness (QED) is 0.826. The predicted octanol–water partition coefficient (Wildman–Crippen LogP) is 1.56. The number of nitrogen functional groups attached to an aromatic ring is 1. The number of rotatable bonds is 2. The van der Waals surface area contributed by atoms with Crippen molar-refractivity contribution >= 4 is 5.69 Å². The van der Waals surface area contributed by atoms with Crippen molar-refractivity contribution in [2.24, 2.45) is 0 Å². The molecule has 1 saturated carbocycles. The van der Waals surface area contributed by atoms with E-state index < -0.39 is 0 Å². The molecule has 88 valence electrons. The van der Waals surface area contributed by atoms with E-state index in [1.54, 1.807) is 17.7 Å². The summed E-state index contributed by atoms with van der Waals surface area (Å²) in [6.07, 6.45) is 6.19. The number of aromatic nitrogens is 1. The van der Waals surface area contributed by atoms with E-state index in [2.05, 4.69) is 0 Å². The Morgan fingerprint density at radius 1 is 1.38 bits per heavy atom. The second kappa shape index (κ2) is 4.70. The average Bonchev–Trinajstić information content (AvgIpc) is 2.33. The van der Waals surface area contributed by atoms with Crippen LogP contribution >= 0.6 is 0 Å². The van der Waals surface area contributed by atoms with Crippen LogP contribution in [0.4, 0.5) is 5.69 Å². The van der Waals surface area contributed by atoms with Crippen LogP contribution in [0.1, 0.15) is 31.7 Å². The Bertz CT molecular complexity index is 406. The fourth-order valence-electron chi connectivity index (χ4n) is 2.37. The molecule has 0 aliphatic heterocycles. The Hall–Kier alpha value is -1.29. The first-order chi connectivity index (χ1) is 7.72. The van der Waals surface area contributed by atoms with Gasteiger partial charge in [-0.1, -0.05) is 0 Å². The number of pyridine rings is 1. The van der Waals surface area contributed by atoms with Crippen molar-refractivity contribution in [2.75, 3.05) is 12.8 Å². The van der Waals surface area contributed by atoms with Gasteiger partial charge in [0, 0.05) is 19.3 Å². The summed E-state index contributed by atoms with van der Waals surface area (Å²) < 4.78 is 7.08. The highest BCUT2D eigenvalue weighted by Gasteiger charge is 2.22. The second-order valence-corrected chi connectivity index (χ2v) is 4.34. The van der Waals surface area contributed by atoms with Crippen LogP contribution in [0, 0.1) is 0 Å². The molecule has 2 N–H and O–H groups in total. The summed E-state index contributed by atoms with van der Waals surface area (Å²) in [6.45, 7) is 0. The molecular formula is C12H18N2O2. The van der Waals surface area contributed by atoms with Crippen molar-refractivity contribution in [1.29, 1.82) is 0 Å². The molecule has 0 aromatic carbocycles. The topological polar surface area (TPSA) is 57.2 Å². The number of hydrogen-bond donors (Lipinski definition) is 1. The minimum absolute atomic E-state index is 0.0663. The molecule has 1 aliphatic carbocycles. The van der Waals surface area contributed by atoms with Gasteiger partial charge in [-0.25, -0.2) is 0 Å². The highest BCUT2D eigenvalue weighted by atomic mass is 16.5. The van der Waals surface area contributed by atoms with Crippen LogP contribution in [0.3, 0.4) is 0 Å². The third-order valence-corrected chi connectivity index (χ3v) is 3.37. The first-order valence-corrected chi connectivity index (χ1v) is 5.72. The van der Waals surface area contributed by atoms with E-state index in [-0.39, 0.29) is 11.6 Å². The normalized spacial score (nSPS) is 25.6. The fourth-order valence-corrected chi connectivity index (χ4v) is 2.37. The zero-order valence-corrected chi connectivity index (χ0v) is 9.56. The summed E-state index contributed by atoms with van der Waals surface area (Å²) in [4.78, 5) is 11.8. The highest BCUT2D eigenvalue weighted by molar-refractivity contribution is 5.33. The third kappa shape index (κ3) is 2.11. The first kappa shape index (κ1) is 11.2. The van der Waals surface area contributed by atoms with Gasteiger partial charge in [-0.3, -0.25) is 4.79 Å². The van der Waals surface area contributed by atoms with E-state index in [4.69, 9.17) is 10.5 Å². The lowest BCUT2D eigenvalue weighted by molar-refractivity contribution is 0.0580. The molecular weight excluding hydrogens is 204 g/mol. The Morgan fingerprint density at radius 3 is 2.69 bits per heavy atom. The van der Waals surface area contributed by atoms with Gasteiger partial charge in [0.15, 0.2) is 0 Å². The van der Waals surface area contributed by atoms with Gasteiger partial charge in [-0.05, 0) is 37.8 Å². The highest BCUT2D eigenvalue weighted by Crippen LogP contribution is 2.28. The molecule has 1 fully saturated rings. The number of nitrogens with zero attached hydrogens (tertiary/aromatic N) is 1. The minimum atomic E-state index is -0.0663. The van der Waals surface area contributed by atoms with Crippen molar-refractivity contribution in [1.82, 2.24) is 4.57 Å². The van der Waals surface area contributed by atoms with Gasteiger partial charge >= 0.3 is 0 Å². The van der Waals surface area contributed by atoms with E-state index >= 15 is 0 Å². The Labute approximate surface area is 95.0 Å². The van der Waals surface area contributed by atoms with Gasteiger partial charge in [0.05, 0.1) is 11.8 Å². The lowest BCUT2D eigenvalue weighted by Gasteiger charge is -2.28. The van der Waals surface area contributed by atoms with Gasteiger partial charge in [-0.15, -0.1) is 0 Å². The Morgan fingerprint density at radius 2 is 2.06 bits per heavy atom. The maximum Gasteiger partial charge on any atom is 0.273 e. The molecule has 0 atom stereocenters. The van der Waals surface area contributed by atoms with Gasteiger partial charge in [0.2, 0.25) is 0 Å². The molecule has 0 unspecified atom stereocenters. The van der Waals surface area contributed by atoms with Crippen LogP contribution in [0.5, 0.6) is 0 Å². The predicted molar refractivity (Wildman–Crippen MR) is 63.4 cm³/mol. The molecule has 1 aromatic rings. The monoisotopic (exact) mass is 222 g/mol. The molecule has 1 aromatic heterocycles. The van der Waals surface area contributed by atoms with Crippen LogP contribution < -0.4 is 11.3 Å². The summed E-state index contributed by atoms with van der Waals surface area (Å²) in [5.41, 5.74) is 5.89. The number of nitrogens with two attached hydrogens (primary N) is 1. The zero-order chi connectivity index (χ0) is 11.5. The SMILES string of the molecule is COC1CCC(n2cccc(N)c2=O)CC1. The fraction of sp³-hybridized carbons (Fsp3) is 0.583. The molecule has 16 heavy (non-hydrogen) atoms. The summed E-state index contributed by atoms with van der Waals surface area (Å²) in [7, 11) is 1.75. The van der Waals surface area contributed by atoms with Crippen molar-refractivity contribution in [3.05, 3.63) is 28.7 Å². The molecule has 1 heterocycles. The molecule has 1 aliphatic rings. The molecule has 0 saturated heterocycles. The number of ether oxygens (including phenoxy) is 1. The van der Waals surface area contributed by atoms with Gasteiger partial charge in [0.25, 0.3) is 5.56 Å². The molecule has 4 nitrogen and oxygen atoms in total. The van der Waals surface area contributed by atoms with E-state index in [1.807, 2.05) is 12.3 Å². The molecule has 2 rings (SSSR count). The third-order valence-electron chi connectivity index (χ3n) is 3.37. The Balaban J connectivity index is 2.14. The maximum atomic E-state index is 11.8. The molecule has 0 spiro atoms. The van der Waals surface area contributed by atoms with Crippen molar-refractivity contribution < 1.29 is 4.74 Å². The minimum Gasteiger partial charge on any atom is -0.394 e. The largest absolute Gasteiger partial charge is 0.394 e. The van der Waals surface area contributed by atoms with E-state index in [9.17, 15) is 4.79 Å². The maximum absolute atomic E-state index is 11.8. The van der Waals surface area contributed by atoms with Gasteiger partial charge in [0.1, 0.15) is 0 Å². The number of anilines is 1. The van der Waals surface area contributed by atoms with Crippen molar-refractivity contribution in [2.45, 2.75) is 37.8 Å². The molecule has 0 radical (unpaired) electrons. The Kier molecular flexibility index (Phi) is 3.29. The van der Waals surface area contributed by atoms with Crippen LogP contribution in [0.25, 0.3) is 0 Å². The lowest BCUT2D eigenvalue weighted by Crippen LogP contribution is -2.30. The average molecular weight is 222 g/mol. The number of hydrogen-bond acceptors (Lipinski definition) is 3. The summed E-state index contributed by atoms with van der Waals surface area (Å²) in [5.74, 6) is 0. The van der Waals surface area contributed by atoms with Gasteiger partial charge in [-0.2, -0.15) is 0 Å². The molecule has 0 bridgehead atoms. The van der Waals surface area contributed by atoms with Crippen LogP contribution in [-0.4, -0.2) is 17.8 Å². The first-order valence-electron chi connectivity index (χ1n) is 5.72. The molecule has 4 heteroatoms.